The SMILES string of the molecule is CCCCN(C(=O)C1CC1C)c1c(N)n(CCCC)c(=O)[nH]c1=O. The number of aromatic nitrogens is 2. The number of H-pyrrole nitrogens is 1. The van der Waals surface area contributed by atoms with E-state index < -0.39 is 11.2 Å². The monoisotopic (exact) mass is 336 g/mol. The molecule has 2 atom stereocenters. The smallest absolute Gasteiger partial charge is 0.330 e. The van der Waals surface area contributed by atoms with Crippen LogP contribution in [0, 0.1) is 11.8 Å². The van der Waals surface area contributed by atoms with E-state index in [0.29, 0.717) is 19.0 Å². The van der Waals surface area contributed by atoms with Crippen molar-refractivity contribution < 1.29 is 4.79 Å². The Balaban J connectivity index is 2.46. The van der Waals surface area contributed by atoms with Crippen molar-refractivity contribution in [1.29, 1.82) is 0 Å². The van der Waals surface area contributed by atoms with Gasteiger partial charge in [0.2, 0.25) is 5.91 Å². The van der Waals surface area contributed by atoms with Crippen LogP contribution in [0.1, 0.15) is 52.9 Å². The Hall–Kier alpha value is -2.05. The molecular weight excluding hydrogens is 308 g/mol. The first-order valence-electron chi connectivity index (χ1n) is 8.86. The number of carbonyl (C=O) groups is 1. The Morgan fingerprint density at radius 1 is 1.29 bits per heavy atom. The molecule has 2 unspecified atom stereocenters. The van der Waals surface area contributed by atoms with Gasteiger partial charge in [0, 0.05) is 19.0 Å². The van der Waals surface area contributed by atoms with E-state index in [1.165, 1.54) is 9.47 Å². The highest BCUT2D eigenvalue weighted by Gasteiger charge is 2.42. The molecule has 7 heteroatoms. The van der Waals surface area contributed by atoms with Crippen LogP contribution < -0.4 is 21.9 Å². The van der Waals surface area contributed by atoms with Crippen molar-refractivity contribution in [3.05, 3.63) is 20.8 Å². The summed E-state index contributed by atoms with van der Waals surface area (Å²) in [7, 11) is 0. The number of unbranched alkanes of at least 4 members (excludes halogenated alkanes) is 2. The largest absolute Gasteiger partial charge is 0.383 e. The summed E-state index contributed by atoms with van der Waals surface area (Å²) in [5.41, 5.74) is 5.17. The van der Waals surface area contributed by atoms with Crippen LogP contribution in [-0.4, -0.2) is 22.0 Å². The lowest BCUT2D eigenvalue weighted by Gasteiger charge is -2.24. The van der Waals surface area contributed by atoms with Crippen LogP contribution in [0.15, 0.2) is 9.59 Å². The highest BCUT2D eigenvalue weighted by Crippen LogP contribution is 2.40. The van der Waals surface area contributed by atoms with E-state index >= 15 is 0 Å². The van der Waals surface area contributed by atoms with E-state index in [2.05, 4.69) is 4.98 Å². The minimum Gasteiger partial charge on any atom is -0.383 e. The van der Waals surface area contributed by atoms with Crippen LogP contribution in [-0.2, 0) is 11.3 Å². The third-order valence-corrected chi connectivity index (χ3v) is 4.65. The molecule has 24 heavy (non-hydrogen) atoms. The van der Waals surface area contributed by atoms with Crippen LogP contribution in [0.25, 0.3) is 0 Å². The van der Waals surface area contributed by atoms with Gasteiger partial charge in [0.25, 0.3) is 5.56 Å². The maximum Gasteiger partial charge on any atom is 0.330 e. The summed E-state index contributed by atoms with van der Waals surface area (Å²) in [4.78, 5) is 41.0. The Bertz CT molecular complexity index is 707. The van der Waals surface area contributed by atoms with E-state index in [9.17, 15) is 14.4 Å². The molecule has 1 heterocycles. The molecule has 3 N–H and O–H groups in total. The van der Waals surface area contributed by atoms with Crippen molar-refractivity contribution in [3.8, 4) is 0 Å². The van der Waals surface area contributed by atoms with E-state index in [0.717, 1.165) is 32.1 Å². The zero-order valence-electron chi connectivity index (χ0n) is 14.8. The fourth-order valence-electron chi connectivity index (χ4n) is 2.89. The van der Waals surface area contributed by atoms with Crippen molar-refractivity contribution in [3.63, 3.8) is 0 Å². The van der Waals surface area contributed by atoms with Gasteiger partial charge in [-0.2, -0.15) is 0 Å². The van der Waals surface area contributed by atoms with Crippen molar-refractivity contribution in [2.75, 3.05) is 17.2 Å². The molecule has 2 rings (SSSR count). The molecule has 1 aromatic heterocycles. The highest BCUT2D eigenvalue weighted by atomic mass is 16.2. The summed E-state index contributed by atoms with van der Waals surface area (Å²) in [6.45, 7) is 6.94. The second-order valence-corrected chi connectivity index (χ2v) is 6.66. The minimum atomic E-state index is -0.581. The normalized spacial score (nSPS) is 19.3. The summed E-state index contributed by atoms with van der Waals surface area (Å²) < 4.78 is 1.36. The predicted molar refractivity (Wildman–Crippen MR) is 95.2 cm³/mol. The average Bonchev–Trinajstić information content (AvgIpc) is 3.26. The Kier molecular flexibility index (Phi) is 5.85. The molecule has 0 radical (unpaired) electrons. The summed E-state index contributed by atoms with van der Waals surface area (Å²) in [5, 5.41) is 0. The first-order valence-corrected chi connectivity index (χ1v) is 8.86. The molecule has 134 valence electrons. The zero-order valence-corrected chi connectivity index (χ0v) is 14.8. The number of nitrogens with two attached hydrogens (primary N) is 1. The van der Waals surface area contributed by atoms with Gasteiger partial charge < -0.3 is 10.6 Å². The molecule has 0 saturated heterocycles. The summed E-state index contributed by atoms with van der Waals surface area (Å²) in [6, 6.07) is 0. The molecule has 0 aromatic carbocycles. The number of hydrogen-bond donors (Lipinski definition) is 2. The maximum absolute atomic E-state index is 12.8. The number of hydrogen-bond acceptors (Lipinski definition) is 4. The molecule has 7 nitrogen and oxygen atoms in total. The lowest BCUT2D eigenvalue weighted by molar-refractivity contribution is -0.120. The van der Waals surface area contributed by atoms with Crippen LogP contribution in [0.2, 0.25) is 0 Å². The molecular formula is C17H28N4O3. The fourth-order valence-corrected chi connectivity index (χ4v) is 2.89. The lowest BCUT2D eigenvalue weighted by atomic mass is 10.2. The molecule has 1 aliphatic rings. The fraction of sp³-hybridized carbons (Fsp3) is 0.706. The molecule has 1 aliphatic carbocycles. The van der Waals surface area contributed by atoms with Gasteiger partial charge in [-0.3, -0.25) is 19.1 Å². The van der Waals surface area contributed by atoms with Gasteiger partial charge >= 0.3 is 5.69 Å². The molecule has 1 saturated carbocycles. The number of nitrogens with one attached hydrogen (secondary N) is 1. The van der Waals surface area contributed by atoms with Gasteiger partial charge in [-0.05, 0) is 25.2 Å². The van der Waals surface area contributed by atoms with Gasteiger partial charge in [-0.15, -0.1) is 0 Å². The Labute approximate surface area is 141 Å². The van der Waals surface area contributed by atoms with Crippen molar-refractivity contribution in [2.45, 2.75) is 59.4 Å². The van der Waals surface area contributed by atoms with Gasteiger partial charge in [-0.25, -0.2) is 4.79 Å². The van der Waals surface area contributed by atoms with Gasteiger partial charge in [0.05, 0.1) is 0 Å². The van der Waals surface area contributed by atoms with Crippen molar-refractivity contribution in [2.24, 2.45) is 11.8 Å². The summed E-state index contributed by atoms with van der Waals surface area (Å²) in [6.07, 6.45) is 4.20. The quantitative estimate of drug-likeness (QED) is 0.754. The molecule has 1 amide bonds. The van der Waals surface area contributed by atoms with Gasteiger partial charge in [-0.1, -0.05) is 33.6 Å². The number of nitrogens with zero attached hydrogens (tertiary/aromatic N) is 2. The number of aromatic amines is 1. The molecule has 0 aliphatic heterocycles. The Morgan fingerprint density at radius 2 is 1.92 bits per heavy atom. The minimum absolute atomic E-state index is 0.0447. The standard InChI is InChI=1S/C17H28N4O3/c1-4-6-8-20(16(23)12-10-11(12)3)13-14(18)21(9-7-5-2)17(24)19-15(13)22/h11-12H,4-10,18H2,1-3H3,(H,19,22,24). The van der Waals surface area contributed by atoms with Crippen molar-refractivity contribution in [1.82, 2.24) is 9.55 Å². The molecule has 1 fully saturated rings. The van der Waals surface area contributed by atoms with Gasteiger partial charge in [0.15, 0.2) is 5.69 Å². The first kappa shape index (κ1) is 18.3. The number of rotatable bonds is 8. The van der Waals surface area contributed by atoms with Crippen LogP contribution in [0.5, 0.6) is 0 Å². The number of carbonyl (C=O) groups excluding carboxylic acids is 1. The second-order valence-electron chi connectivity index (χ2n) is 6.66. The lowest BCUT2D eigenvalue weighted by Crippen LogP contribution is -2.42. The topological polar surface area (TPSA) is 101 Å². The van der Waals surface area contributed by atoms with Crippen LogP contribution in [0.4, 0.5) is 11.5 Å². The maximum atomic E-state index is 12.8. The third-order valence-electron chi connectivity index (χ3n) is 4.65. The number of anilines is 2. The summed E-state index contributed by atoms with van der Waals surface area (Å²) in [5.74, 6) is 0.327. The second kappa shape index (κ2) is 7.68. The van der Waals surface area contributed by atoms with Gasteiger partial charge in [0.1, 0.15) is 5.82 Å². The average molecular weight is 336 g/mol. The van der Waals surface area contributed by atoms with E-state index in [1.807, 2.05) is 20.8 Å². The highest BCUT2D eigenvalue weighted by molar-refractivity contribution is 5.98. The predicted octanol–water partition coefficient (Wildman–Crippen LogP) is 1.71. The Morgan fingerprint density at radius 3 is 2.46 bits per heavy atom. The molecule has 0 spiro atoms. The summed E-state index contributed by atoms with van der Waals surface area (Å²) >= 11 is 0. The molecule has 0 bridgehead atoms. The number of amides is 1. The van der Waals surface area contributed by atoms with Crippen molar-refractivity contribution >= 4 is 17.4 Å². The molecule has 1 aromatic rings. The zero-order chi connectivity index (χ0) is 17.9. The van der Waals surface area contributed by atoms with E-state index in [4.69, 9.17) is 5.73 Å². The number of nitrogen functional groups attached to an aromatic ring is 1. The van der Waals surface area contributed by atoms with E-state index in [1.54, 1.807) is 0 Å². The van der Waals surface area contributed by atoms with Crippen LogP contribution >= 0.6 is 0 Å². The first-order chi connectivity index (χ1) is 11.4. The third kappa shape index (κ3) is 3.71. The van der Waals surface area contributed by atoms with Crippen LogP contribution in [0.3, 0.4) is 0 Å². The van der Waals surface area contributed by atoms with E-state index in [-0.39, 0.29) is 23.3 Å².